The van der Waals surface area contributed by atoms with E-state index in [0.717, 1.165) is 6.42 Å². The zero-order chi connectivity index (χ0) is 15.2. The van der Waals surface area contributed by atoms with Crippen molar-refractivity contribution in [2.24, 2.45) is 0 Å². The lowest BCUT2D eigenvalue weighted by atomic mass is 10.4. The van der Waals surface area contributed by atoms with E-state index in [1.165, 1.54) is 12.1 Å². The molecule has 4 nitrogen and oxygen atoms in total. The monoisotopic (exact) mass is 401 g/mol. The van der Waals surface area contributed by atoms with Crippen molar-refractivity contribution in [2.45, 2.75) is 11.3 Å². The van der Waals surface area contributed by atoms with E-state index in [1.807, 2.05) is 0 Å². The maximum absolute atomic E-state index is 12.1. The van der Waals surface area contributed by atoms with E-state index in [0.29, 0.717) is 11.1 Å². The molecule has 0 atom stereocenters. The number of nitrogens with one attached hydrogen (secondary N) is 1. The molecule has 0 heterocycles. The van der Waals surface area contributed by atoms with Gasteiger partial charge in [0.25, 0.3) is 0 Å². The van der Waals surface area contributed by atoms with Crippen LogP contribution in [0.4, 0.5) is 0 Å². The standard InChI is InChI=1S/C12H14BrCl2NO3S/c1-2-3-5-19-6-4-16-20(17,18)12-10(14)7-9(13)8-11(12)15/h2,7-8,16H,1,3-6H2. The van der Waals surface area contributed by atoms with Crippen molar-refractivity contribution in [3.63, 3.8) is 0 Å². The van der Waals surface area contributed by atoms with Gasteiger partial charge in [-0.2, -0.15) is 0 Å². The molecule has 8 heteroatoms. The minimum atomic E-state index is -3.77. The maximum atomic E-state index is 12.1. The molecular weight excluding hydrogens is 389 g/mol. The van der Waals surface area contributed by atoms with Gasteiger partial charge in [0, 0.05) is 11.0 Å². The van der Waals surface area contributed by atoms with Gasteiger partial charge >= 0.3 is 0 Å². The van der Waals surface area contributed by atoms with Crippen LogP contribution in [0.15, 0.2) is 34.2 Å². The van der Waals surface area contributed by atoms with Gasteiger partial charge in [0.1, 0.15) is 4.90 Å². The van der Waals surface area contributed by atoms with Crippen molar-refractivity contribution >= 4 is 49.2 Å². The number of rotatable bonds is 8. The molecule has 0 saturated carbocycles. The summed E-state index contributed by atoms with van der Waals surface area (Å²) in [7, 11) is -3.77. The zero-order valence-corrected chi connectivity index (χ0v) is 14.4. The summed E-state index contributed by atoms with van der Waals surface area (Å²) in [5.41, 5.74) is 0. The third-order valence-corrected chi connectivity index (χ3v) is 5.08. The first-order chi connectivity index (χ1) is 9.38. The maximum Gasteiger partial charge on any atom is 0.243 e. The Bertz CT molecular complexity index is 555. The molecule has 1 aromatic rings. The van der Waals surface area contributed by atoms with Gasteiger partial charge in [0.05, 0.1) is 23.3 Å². The van der Waals surface area contributed by atoms with Gasteiger partial charge in [-0.3, -0.25) is 0 Å². The molecule has 0 unspecified atom stereocenters. The Kier molecular flexibility index (Phi) is 7.50. The van der Waals surface area contributed by atoms with Crippen molar-refractivity contribution < 1.29 is 13.2 Å². The second-order valence-corrected chi connectivity index (χ2v) is 7.22. The van der Waals surface area contributed by atoms with Gasteiger partial charge in [-0.25, -0.2) is 13.1 Å². The predicted molar refractivity (Wildman–Crippen MR) is 85.0 cm³/mol. The second-order valence-electron chi connectivity index (χ2n) is 3.79. The van der Waals surface area contributed by atoms with Gasteiger partial charge in [0.2, 0.25) is 10.0 Å². The molecule has 0 fully saturated rings. The van der Waals surface area contributed by atoms with Crippen LogP contribution in [-0.4, -0.2) is 28.2 Å². The van der Waals surface area contributed by atoms with E-state index in [4.69, 9.17) is 27.9 Å². The summed E-state index contributed by atoms with van der Waals surface area (Å²) in [5.74, 6) is 0. The van der Waals surface area contributed by atoms with Gasteiger partial charge in [0.15, 0.2) is 0 Å². The highest BCUT2D eigenvalue weighted by molar-refractivity contribution is 9.10. The summed E-state index contributed by atoms with van der Waals surface area (Å²) in [6, 6.07) is 2.95. The fourth-order valence-corrected chi connectivity index (χ4v) is 4.32. The summed E-state index contributed by atoms with van der Waals surface area (Å²) in [4.78, 5) is -0.130. The number of hydrogen-bond acceptors (Lipinski definition) is 3. The molecule has 0 bridgehead atoms. The summed E-state index contributed by atoms with van der Waals surface area (Å²) in [6.45, 7) is 4.47. The van der Waals surface area contributed by atoms with E-state index in [9.17, 15) is 8.42 Å². The van der Waals surface area contributed by atoms with Crippen LogP contribution in [-0.2, 0) is 14.8 Å². The van der Waals surface area contributed by atoms with E-state index in [-0.39, 0.29) is 28.1 Å². The topological polar surface area (TPSA) is 55.4 Å². The molecule has 1 aromatic carbocycles. The molecule has 0 radical (unpaired) electrons. The summed E-state index contributed by atoms with van der Waals surface area (Å²) >= 11 is 15.0. The van der Waals surface area contributed by atoms with E-state index >= 15 is 0 Å². The summed E-state index contributed by atoms with van der Waals surface area (Å²) < 4.78 is 32.4. The SMILES string of the molecule is C=CCCOCCNS(=O)(=O)c1c(Cl)cc(Br)cc1Cl. The zero-order valence-electron chi connectivity index (χ0n) is 10.5. The van der Waals surface area contributed by atoms with Gasteiger partial charge in [-0.15, -0.1) is 6.58 Å². The Morgan fingerprint density at radius 3 is 2.45 bits per heavy atom. The lowest BCUT2D eigenvalue weighted by molar-refractivity contribution is 0.144. The van der Waals surface area contributed by atoms with Gasteiger partial charge in [-0.1, -0.05) is 45.2 Å². The molecule has 0 aromatic heterocycles. The molecular formula is C12H14BrCl2NO3S. The number of halogens is 3. The van der Waals surface area contributed by atoms with Crippen molar-refractivity contribution in [3.05, 3.63) is 39.3 Å². The van der Waals surface area contributed by atoms with Crippen LogP contribution >= 0.6 is 39.1 Å². The third-order valence-electron chi connectivity index (χ3n) is 2.24. The van der Waals surface area contributed by atoms with Crippen molar-refractivity contribution in [1.82, 2.24) is 4.72 Å². The average Bonchev–Trinajstić information content (AvgIpc) is 2.31. The first-order valence-electron chi connectivity index (χ1n) is 5.71. The molecule has 0 aliphatic carbocycles. The fraction of sp³-hybridized carbons (Fsp3) is 0.333. The Morgan fingerprint density at radius 1 is 1.30 bits per heavy atom. The molecule has 1 N–H and O–H groups in total. The highest BCUT2D eigenvalue weighted by atomic mass is 79.9. The Labute approximate surface area is 137 Å². The smallest absolute Gasteiger partial charge is 0.243 e. The van der Waals surface area contributed by atoms with E-state index in [1.54, 1.807) is 6.08 Å². The van der Waals surface area contributed by atoms with E-state index < -0.39 is 10.0 Å². The summed E-state index contributed by atoms with van der Waals surface area (Å²) in [5, 5.41) is 0.119. The van der Waals surface area contributed by atoms with Crippen molar-refractivity contribution in [3.8, 4) is 0 Å². The Balaban J connectivity index is 2.68. The quantitative estimate of drug-likeness (QED) is 0.533. The molecule has 0 amide bonds. The van der Waals surface area contributed by atoms with Crippen molar-refractivity contribution in [1.29, 1.82) is 0 Å². The largest absolute Gasteiger partial charge is 0.380 e. The second kappa shape index (κ2) is 8.36. The molecule has 20 heavy (non-hydrogen) atoms. The average molecular weight is 403 g/mol. The lowest BCUT2D eigenvalue weighted by Gasteiger charge is -2.10. The van der Waals surface area contributed by atoms with Crippen LogP contribution in [0, 0.1) is 0 Å². The molecule has 0 saturated heterocycles. The highest BCUT2D eigenvalue weighted by Crippen LogP contribution is 2.32. The van der Waals surface area contributed by atoms with Gasteiger partial charge < -0.3 is 4.74 Å². The van der Waals surface area contributed by atoms with Crippen LogP contribution in [0.3, 0.4) is 0 Å². The molecule has 0 spiro atoms. The normalized spacial score (nSPS) is 11.6. The molecule has 0 aliphatic heterocycles. The minimum absolute atomic E-state index is 0.0597. The number of sulfonamides is 1. The highest BCUT2D eigenvalue weighted by Gasteiger charge is 2.21. The van der Waals surface area contributed by atoms with Crippen LogP contribution in [0.25, 0.3) is 0 Å². The van der Waals surface area contributed by atoms with E-state index in [2.05, 4.69) is 27.2 Å². The third kappa shape index (κ3) is 5.35. The minimum Gasteiger partial charge on any atom is -0.380 e. The first-order valence-corrected chi connectivity index (χ1v) is 8.74. The Morgan fingerprint density at radius 2 is 1.90 bits per heavy atom. The summed E-state index contributed by atoms with van der Waals surface area (Å²) in [6.07, 6.45) is 2.45. The van der Waals surface area contributed by atoms with Gasteiger partial charge in [-0.05, 0) is 18.6 Å². The molecule has 1 rings (SSSR count). The van der Waals surface area contributed by atoms with Crippen LogP contribution < -0.4 is 4.72 Å². The predicted octanol–water partition coefficient (Wildman–Crippen LogP) is 3.63. The molecule has 112 valence electrons. The lowest BCUT2D eigenvalue weighted by Crippen LogP contribution is -2.28. The Hall–Kier alpha value is -0.110. The fourth-order valence-electron chi connectivity index (χ4n) is 1.37. The number of ether oxygens (including phenoxy) is 1. The van der Waals surface area contributed by atoms with Crippen LogP contribution in [0.2, 0.25) is 10.0 Å². The molecule has 0 aliphatic rings. The van der Waals surface area contributed by atoms with Crippen molar-refractivity contribution in [2.75, 3.05) is 19.8 Å². The van der Waals surface area contributed by atoms with Crippen LogP contribution in [0.1, 0.15) is 6.42 Å². The number of benzene rings is 1. The van der Waals surface area contributed by atoms with Crippen LogP contribution in [0.5, 0.6) is 0 Å². The number of hydrogen-bond donors (Lipinski definition) is 1. The first kappa shape index (κ1) is 17.9.